The number of fused-ring (bicyclic) bond motifs is 1. The maximum absolute atomic E-state index is 13.7. The van der Waals surface area contributed by atoms with Crippen LogP contribution in [0.1, 0.15) is 92.5 Å². The summed E-state index contributed by atoms with van der Waals surface area (Å²) < 4.78 is 42.0. The Kier molecular flexibility index (Phi) is 8.99. The summed E-state index contributed by atoms with van der Waals surface area (Å²) in [5, 5.41) is 6.22. The molecule has 6 rings (SSSR count). The molecule has 3 fully saturated rings. The average molecular weight is 659 g/mol. The number of halogens is 4. The Hall–Kier alpha value is -3.34. The Morgan fingerprint density at radius 2 is 1.67 bits per heavy atom. The molecule has 2 saturated carbocycles. The van der Waals surface area contributed by atoms with Crippen LogP contribution in [0.3, 0.4) is 0 Å². The molecule has 2 N–H and O–H groups in total. The van der Waals surface area contributed by atoms with E-state index >= 15 is 0 Å². The summed E-state index contributed by atoms with van der Waals surface area (Å²) in [4.78, 5) is 38.2. The molecule has 1 saturated heterocycles. The van der Waals surface area contributed by atoms with E-state index in [2.05, 4.69) is 29.4 Å². The third kappa shape index (κ3) is 6.57. The van der Waals surface area contributed by atoms with Crippen LogP contribution < -0.4 is 15.5 Å². The molecule has 3 heterocycles. The molecule has 0 bridgehead atoms. The second-order valence-corrected chi connectivity index (χ2v) is 14.2. The van der Waals surface area contributed by atoms with Gasteiger partial charge in [-0.2, -0.15) is 13.2 Å². The van der Waals surface area contributed by atoms with Gasteiger partial charge >= 0.3 is 6.18 Å². The molecule has 2 amide bonds. The molecule has 0 atom stereocenters. The third-order valence-corrected chi connectivity index (χ3v) is 10.6. The molecule has 2 aliphatic carbocycles. The van der Waals surface area contributed by atoms with Crippen molar-refractivity contribution in [3.05, 3.63) is 51.8 Å². The average Bonchev–Trinajstić information content (AvgIpc) is 3.80. The van der Waals surface area contributed by atoms with E-state index in [1.807, 2.05) is 17.7 Å². The van der Waals surface area contributed by atoms with E-state index in [0.29, 0.717) is 57.2 Å². The maximum Gasteiger partial charge on any atom is 0.403 e. The normalized spacial score (nSPS) is 21.8. The Labute approximate surface area is 272 Å². The second-order valence-electron chi connectivity index (χ2n) is 13.8. The van der Waals surface area contributed by atoms with Crippen LogP contribution in [0.4, 0.5) is 19.0 Å². The number of benzene rings is 1. The fraction of sp³-hybridized carbons (Fsp3) is 0.588. The Bertz CT molecular complexity index is 1620. The molecule has 2 aromatic heterocycles. The number of amides is 2. The molecule has 3 aromatic rings. The molecule has 0 unspecified atom stereocenters. The highest BCUT2D eigenvalue weighted by molar-refractivity contribution is 6.31. The number of anilines is 1. The van der Waals surface area contributed by atoms with E-state index in [1.165, 1.54) is 0 Å². The number of aryl methyl sites for hydroxylation is 1. The Morgan fingerprint density at radius 3 is 2.33 bits per heavy atom. The van der Waals surface area contributed by atoms with Crippen LogP contribution in [0.15, 0.2) is 24.3 Å². The SMILES string of the molecule is CC1CCC(NC(=O)c2cc3nc(Cc4cc(CNC(=O)C5(C(F)(F)F)CC5)ccc4Cl)n(C)c3nc2N2CCC(C)CC2)CC1. The number of carbonyl (C=O) groups excluding carboxylic acids is 2. The molecule has 1 aromatic carbocycles. The zero-order chi connectivity index (χ0) is 32.8. The van der Waals surface area contributed by atoms with Crippen molar-refractivity contribution in [3.8, 4) is 0 Å². The van der Waals surface area contributed by atoms with Crippen molar-refractivity contribution >= 4 is 40.4 Å². The Morgan fingerprint density at radius 1 is 1.00 bits per heavy atom. The number of rotatable bonds is 8. The van der Waals surface area contributed by atoms with Gasteiger partial charge in [-0.25, -0.2) is 9.97 Å². The molecule has 1 aliphatic heterocycles. The lowest BCUT2D eigenvalue weighted by Crippen LogP contribution is -2.40. The van der Waals surface area contributed by atoms with Crippen LogP contribution >= 0.6 is 11.6 Å². The van der Waals surface area contributed by atoms with Crippen LogP contribution in [0.5, 0.6) is 0 Å². The molecular weight excluding hydrogens is 617 g/mol. The van der Waals surface area contributed by atoms with E-state index in [0.717, 1.165) is 57.2 Å². The van der Waals surface area contributed by atoms with Gasteiger partial charge in [0.1, 0.15) is 22.6 Å². The molecule has 0 radical (unpaired) electrons. The topological polar surface area (TPSA) is 92.2 Å². The van der Waals surface area contributed by atoms with Crippen molar-refractivity contribution in [2.24, 2.45) is 24.3 Å². The van der Waals surface area contributed by atoms with Gasteiger partial charge in [0.2, 0.25) is 5.91 Å². The first-order valence-electron chi connectivity index (χ1n) is 16.4. The van der Waals surface area contributed by atoms with Gasteiger partial charge in [-0.05, 0) is 86.5 Å². The van der Waals surface area contributed by atoms with E-state index in [4.69, 9.17) is 21.6 Å². The molecule has 0 spiro atoms. The first-order chi connectivity index (χ1) is 21.8. The van der Waals surface area contributed by atoms with Gasteiger partial charge in [-0.15, -0.1) is 0 Å². The molecule has 248 valence electrons. The summed E-state index contributed by atoms with van der Waals surface area (Å²) >= 11 is 6.56. The van der Waals surface area contributed by atoms with Gasteiger partial charge < -0.3 is 20.1 Å². The van der Waals surface area contributed by atoms with Crippen LogP contribution in [0.25, 0.3) is 11.2 Å². The molecule has 3 aliphatic rings. The van der Waals surface area contributed by atoms with Gasteiger partial charge in [-0.1, -0.05) is 37.6 Å². The number of alkyl halides is 3. The van der Waals surface area contributed by atoms with Crippen molar-refractivity contribution in [1.82, 2.24) is 25.2 Å². The van der Waals surface area contributed by atoms with E-state index in [9.17, 15) is 22.8 Å². The van der Waals surface area contributed by atoms with E-state index in [1.54, 1.807) is 18.2 Å². The highest BCUT2D eigenvalue weighted by Crippen LogP contribution is 2.57. The summed E-state index contributed by atoms with van der Waals surface area (Å²) in [7, 11) is 1.88. The number of pyridine rings is 1. The maximum atomic E-state index is 13.7. The highest BCUT2D eigenvalue weighted by atomic mass is 35.5. The Balaban J connectivity index is 1.25. The summed E-state index contributed by atoms with van der Waals surface area (Å²) in [6, 6.07) is 7.16. The lowest BCUT2D eigenvalue weighted by molar-refractivity contribution is -0.192. The predicted octanol–water partition coefficient (Wildman–Crippen LogP) is 6.72. The van der Waals surface area contributed by atoms with Gasteiger partial charge in [-0.3, -0.25) is 9.59 Å². The third-order valence-electron chi connectivity index (χ3n) is 10.2. The van der Waals surface area contributed by atoms with E-state index in [-0.39, 0.29) is 31.3 Å². The first kappa shape index (κ1) is 32.6. The number of piperidine rings is 1. The zero-order valence-corrected chi connectivity index (χ0v) is 27.4. The van der Waals surface area contributed by atoms with Crippen LogP contribution in [-0.2, 0) is 24.8 Å². The van der Waals surface area contributed by atoms with Crippen LogP contribution in [0.2, 0.25) is 5.02 Å². The van der Waals surface area contributed by atoms with Crippen molar-refractivity contribution in [2.75, 3.05) is 18.0 Å². The van der Waals surface area contributed by atoms with Crippen molar-refractivity contribution in [3.63, 3.8) is 0 Å². The van der Waals surface area contributed by atoms with Gasteiger partial charge in [0, 0.05) is 44.2 Å². The summed E-state index contributed by atoms with van der Waals surface area (Å²) in [5.41, 5.74) is 0.897. The fourth-order valence-electron chi connectivity index (χ4n) is 6.76. The molecular formula is C34H42ClF3N6O2. The number of nitrogens with one attached hydrogen (secondary N) is 2. The monoisotopic (exact) mass is 658 g/mol. The van der Waals surface area contributed by atoms with Crippen molar-refractivity contribution in [2.45, 2.75) is 90.4 Å². The highest BCUT2D eigenvalue weighted by Gasteiger charge is 2.68. The quantitative estimate of drug-likeness (QED) is 0.281. The minimum atomic E-state index is -4.56. The molecule has 46 heavy (non-hydrogen) atoms. The smallest absolute Gasteiger partial charge is 0.356 e. The number of nitrogens with zero attached hydrogens (tertiary/aromatic N) is 4. The number of hydrogen-bond donors (Lipinski definition) is 2. The second kappa shape index (κ2) is 12.7. The van der Waals surface area contributed by atoms with Crippen molar-refractivity contribution < 1.29 is 22.8 Å². The minimum Gasteiger partial charge on any atom is -0.356 e. The predicted molar refractivity (Wildman–Crippen MR) is 172 cm³/mol. The standard InChI is InChI=1S/C34H42ClF3N6O2/c1-20-4-7-24(8-5-20)40-31(45)25-18-27-30(42-29(25)44-14-10-21(2)11-15-44)43(3)28(41-27)17-23-16-22(6-9-26(23)35)19-39-32(46)33(12-13-33)34(36,37)38/h6,9,16,18,20-21,24H,4-5,7-8,10-15,17,19H2,1-3H3,(H,39,46)(H,40,45). The zero-order valence-electron chi connectivity index (χ0n) is 26.6. The fourth-order valence-corrected chi connectivity index (χ4v) is 6.95. The lowest BCUT2D eigenvalue weighted by atomic mass is 9.87. The van der Waals surface area contributed by atoms with Gasteiger partial charge in [0.25, 0.3) is 5.91 Å². The van der Waals surface area contributed by atoms with Gasteiger partial charge in [0.15, 0.2) is 5.65 Å². The number of carbonyl (C=O) groups is 2. The largest absolute Gasteiger partial charge is 0.403 e. The van der Waals surface area contributed by atoms with Crippen molar-refractivity contribution in [1.29, 1.82) is 0 Å². The number of hydrogen-bond acceptors (Lipinski definition) is 5. The minimum absolute atomic E-state index is 0.0406. The lowest BCUT2D eigenvalue weighted by Gasteiger charge is -2.33. The first-order valence-corrected chi connectivity index (χ1v) is 16.8. The number of aromatic nitrogens is 3. The molecule has 12 heteroatoms. The van der Waals surface area contributed by atoms with E-state index < -0.39 is 17.5 Å². The van der Waals surface area contributed by atoms with Crippen LogP contribution in [0, 0.1) is 17.3 Å². The van der Waals surface area contributed by atoms with Gasteiger partial charge in [0.05, 0.1) is 5.56 Å². The van der Waals surface area contributed by atoms with Crippen LogP contribution in [-0.4, -0.2) is 51.7 Å². The summed E-state index contributed by atoms with van der Waals surface area (Å²) in [5.74, 6) is 1.55. The number of imidazole rings is 1. The summed E-state index contributed by atoms with van der Waals surface area (Å²) in [6.45, 7) is 6.12. The summed E-state index contributed by atoms with van der Waals surface area (Å²) in [6.07, 6.45) is 1.62. The molecule has 8 nitrogen and oxygen atoms in total.